The van der Waals surface area contributed by atoms with Gasteiger partial charge in [-0.25, -0.2) is 0 Å². The molecule has 2 nitrogen and oxygen atoms in total. The molecule has 272 valence electrons. The van der Waals surface area contributed by atoms with Crippen molar-refractivity contribution in [3.8, 4) is 22.3 Å². The summed E-state index contributed by atoms with van der Waals surface area (Å²) in [6.45, 7) is 2.39. The Balaban J connectivity index is 1.12. The Morgan fingerprint density at radius 2 is 0.879 bits per heavy atom. The molecule has 1 aliphatic carbocycles. The van der Waals surface area contributed by atoms with Crippen molar-refractivity contribution >= 4 is 71.3 Å². The second-order valence-corrected chi connectivity index (χ2v) is 15.7. The summed E-state index contributed by atoms with van der Waals surface area (Å²) in [5.41, 5.74) is 13.4. The molecule has 0 spiro atoms. The number of hydrogen-bond acceptors (Lipinski definition) is 2. The summed E-state index contributed by atoms with van der Waals surface area (Å²) >= 11 is 0. The molecule has 1 aliphatic rings. The van der Waals surface area contributed by atoms with Gasteiger partial charge in [0.1, 0.15) is 5.58 Å². The zero-order chi connectivity index (χ0) is 38.4. The predicted octanol–water partition coefficient (Wildman–Crippen LogP) is 15.5. The van der Waals surface area contributed by atoms with E-state index in [4.69, 9.17) is 4.42 Å². The first-order chi connectivity index (χ1) is 28.7. The molecule has 0 saturated heterocycles. The molecule has 1 heterocycles. The van der Waals surface area contributed by atoms with Gasteiger partial charge in [-0.05, 0) is 115 Å². The van der Waals surface area contributed by atoms with E-state index in [2.05, 4.69) is 218 Å². The first kappa shape index (κ1) is 32.8. The van der Waals surface area contributed by atoms with Crippen LogP contribution in [0.2, 0.25) is 0 Å². The normalized spacial score (nSPS) is 13.1. The summed E-state index contributed by atoms with van der Waals surface area (Å²) in [5.74, 6) is 0. The quantitative estimate of drug-likeness (QED) is 0.163. The third-order valence-corrected chi connectivity index (χ3v) is 12.7. The fourth-order valence-electron chi connectivity index (χ4n) is 10.1. The monoisotopic (exact) mass is 739 g/mol. The Morgan fingerprint density at radius 3 is 1.55 bits per heavy atom. The van der Waals surface area contributed by atoms with Crippen molar-refractivity contribution in [2.24, 2.45) is 0 Å². The van der Waals surface area contributed by atoms with Crippen LogP contribution in [0.4, 0.5) is 17.1 Å². The van der Waals surface area contributed by atoms with Crippen molar-refractivity contribution in [1.29, 1.82) is 0 Å². The molecule has 0 saturated carbocycles. The molecule has 0 fully saturated rings. The highest BCUT2D eigenvalue weighted by molar-refractivity contribution is 6.26. The summed E-state index contributed by atoms with van der Waals surface area (Å²) < 4.78 is 7.10. The van der Waals surface area contributed by atoms with Crippen molar-refractivity contribution < 1.29 is 4.42 Å². The van der Waals surface area contributed by atoms with Gasteiger partial charge in [-0.1, -0.05) is 170 Å². The number of benzene rings is 10. The predicted molar refractivity (Wildman–Crippen MR) is 244 cm³/mol. The summed E-state index contributed by atoms with van der Waals surface area (Å²) in [4.78, 5) is 2.38. The van der Waals surface area contributed by atoms with Crippen molar-refractivity contribution in [2.45, 2.75) is 12.3 Å². The van der Waals surface area contributed by atoms with Gasteiger partial charge in [-0.3, -0.25) is 0 Å². The van der Waals surface area contributed by atoms with E-state index in [1.807, 2.05) is 0 Å². The van der Waals surface area contributed by atoms with Gasteiger partial charge in [-0.15, -0.1) is 0 Å². The Labute approximate surface area is 336 Å². The second-order valence-electron chi connectivity index (χ2n) is 15.7. The lowest BCUT2D eigenvalue weighted by atomic mass is 9.73. The highest BCUT2D eigenvalue weighted by Gasteiger charge is 2.42. The fraction of sp³-hybridized carbons (Fsp3) is 0.0357. The summed E-state index contributed by atoms with van der Waals surface area (Å²) in [5, 5.41) is 9.77. The van der Waals surface area contributed by atoms with Crippen molar-refractivity contribution in [3.05, 3.63) is 223 Å². The minimum absolute atomic E-state index is 0.366. The Hall–Kier alpha value is -7.42. The minimum Gasteiger partial charge on any atom is -0.454 e. The highest BCUT2D eigenvalue weighted by atomic mass is 16.3. The molecular weight excluding hydrogens is 703 g/mol. The van der Waals surface area contributed by atoms with E-state index >= 15 is 0 Å². The zero-order valence-electron chi connectivity index (χ0n) is 32.0. The first-order valence-corrected chi connectivity index (χ1v) is 20.1. The van der Waals surface area contributed by atoms with Crippen LogP contribution >= 0.6 is 0 Å². The van der Waals surface area contributed by atoms with Crippen molar-refractivity contribution in [1.82, 2.24) is 0 Å². The van der Waals surface area contributed by atoms with E-state index in [1.54, 1.807) is 0 Å². The number of para-hydroxylation sites is 1. The van der Waals surface area contributed by atoms with Crippen LogP contribution in [-0.4, -0.2) is 0 Å². The van der Waals surface area contributed by atoms with E-state index < -0.39 is 0 Å². The third-order valence-electron chi connectivity index (χ3n) is 12.7. The maximum atomic E-state index is 7.10. The SMILES string of the molecule is CC1(c2cccc3oc4c(N(c5ccc(-c6ccccc6)cc5)c5ccc6c7ccccc7c7ccccc7c6c5)cccc4c23)c2ccccc2-c2ccccc21. The standard InChI is InChI=1S/C56H37NO/c1-56(49-24-11-9-21-45(49)46-22-10-12-25-50(46)56)51-26-14-28-53-54(51)47-23-13-27-52(55(47)58-53)57(38-31-29-37(30-32-38)36-15-3-2-4-16-36)39-33-34-44-42-19-6-5-17-40(42)41-18-7-8-20-43(41)48(44)35-39/h2-35H,1H3. The van der Waals surface area contributed by atoms with Crippen LogP contribution in [0.15, 0.2) is 211 Å². The molecule has 0 N–H and O–H groups in total. The molecule has 58 heavy (non-hydrogen) atoms. The number of rotatable bonds is 5. The maximum absolute atomic E-state index is 7.10. The maximum Gasteiger partial charge on any atom is 0.159 e. The minimum atomic E-state index is -0.366. The molecule has 0 bridgehead atoms. The van der Waals surface area contributed by atoms with Crippen LogP contribution in [0, 0.1) is 0 Å². The number of furan rings is 1. The van der Waals surface area contributed by atoms with Crippen LogP contribution in [-0.2, 0) is 5.41 Å². The number of hydrogen-bond donors (Lipinski definition) is 0. The molecule has 12 rings (SSSR count). The van der Waals surface area contributed by atoms with Crippen molar-refractivity contribution in [3.63, 3.8) is 0 Å². The molecule has 0 amide bonds. The summed E-state index contributed by atoms with van der Waals surface area (Å²) in [7, 11) is 0. The van der Waals surface area contributed by atoms with Gasteiger partial charge in [0.25, 0.3) is 0 Å². The van der Waals surface area contributed by atoms with Crippen LogP contribution in [0.3, 0.4) is 0 Å². The van der Waals surface area contributed by atoms with Gasteiger partial charge in [0, 0.05) is 27.6 Å². The lowest BCUT2D eigenvalue weighted by molar-refractivity contribution is 0.666. The van der Waals surface area contributed by atoms with E-state index in [9.17, 15) is 0 Å². The Morgan fingerprint density at radius 1 is 0.379 bits per heavy atom. The Bertz CT molecular complexity index is 3330. The lowest BCUT2D eigenvalue weighted by Gasteiger charge is -2.29. The lowest BCUT2D eigenvalue weighted by Crippen LogP contribution is -2.22. The van der Waals surface area contributed by atoms with Crippen LogP contribution in [0.25, 0.3) is 76.5 Å². The second kappa shape index (κ2) is 12.5. The molecule has 10 aromatic carbocycles. The molecule has 0 unspecified atom stereocenters. The van der Waals surface area contributed by atoms with Crippen LogP contribution in [0.5, 0.6) is 0 Å². The topological polar surface area (TPSA) is 16.4 Å². The van der Waals surface area contributed by atoms with E-state index in [0.29, 0.717) is 0 Å². The van der Waals surface area contributed by atoms with Gasteiger partial charge >= 0.3 is 0 Å². The van der Waals surface area contributed by atoms with Gasteiger partial charge < -0.3 is 9.32 Å². The summed E-state index contributed by atoms with van der Waals surface area (Å²) in [6, 6.07) is 75.1. The van der Waals surface area contributed by atoms with Gasteiger partial charge in [0.2, 0.25) is 0 Å². The molecule has 11 aromatic rings. The fourth-order valence-corrected chi connectivity index (χ4v) is 10.1. The first-order valence-electron chi connectivity index (χ1n) is 20.1. The van der Waals surface area contributed by atoms with Crippen molar-refractivity contribution in [2.75, 3.05) is 4.90 Å². The smallest absolute Gasteiger partial charge is 0.159 e. The van der Waals surface area contributed by atoms with Gasteiger partial charge in [0.05, 0.1) is 5.69 Å². The number of nitrogens with zero attached hydrogens (tertiary/aromatic N) is 1. The molecule has 0 atom stereocenters. The molecule has 0 radical (unpaired) electrons. The van der Waals surface area contributed by atoms with Gasteiger partial charge in [-0.2, -0.15) is 0 Å². The van der Waals surface area contributed by atoms with Crippen LogP contribution in [0.1, 0.15) is 23.6 Å². The largest absolute Gasteiger partial charge is 0.454 e. The number of anilines is 3. The average molecular weight is 740 g/mol. The molecular formula is C56H37NO. The summed E-state index contributed by atoms with van der Waals surface area (Å²) in [6.07, 6.45) is 0. The van der Waals surface area contributed by atoms with Crippen LogP contribution < -0.4 is 4.90 Å². The zero-order valence-corrected chi connectivity index (χ0v) is 32.0. The molecule has 0 aliphatic heterocycles. The molecule has 2 heteroatoms. The molecule has 1 aromatic heterocycles. The third kappa shape index (κ3) is 4.66. The van der Waals surface area contributed by atoms with E-state index in [-0.39, 0.29) is 5.41 Å². The highest BCUT2D eigenvalue weighted by Crippen LogP contribution is 2.55. The van der Waals surface area contributed by atoms with E-state index in [0.717, 1.165) is 39.0 Å². The Kier molecular flexibility index (Phi) is 7.09. The van der Waals surface area contributed by atoms with E-state index in [1.165, 1.54) is 71.3 Å². The van der Waals surface area contributed by atoms with Gasteiger partial charge in [0.15, 0.2) is 5.58 Å². The average Bonchev–Trinajstić information content (AvgIpc) is 3.81. The number of fused-ring (bicyclic) bond motifs is 12.